The summed E-state index contributed by atoms with van der Waals surface area (Å²) in [7, 11) is 0. The lowest BCUT2D eigenvalue weighted by atomic mass is 9.84. The molecule has 0 saturated carbocycles. The van der Waals surface area contributed by atoms with E-state index in [1.807, 2.05) is 39.8 Å². The molecule has 0 saturated heterocycles. The van der Waals surface area contributed by atoms with Crippen LogP contribution in [0.2, 0.25) is 0 Å². The van der Waals surface area contributed by atoms with Gasteiger partial charge in [0.15, 0.2) is 11.5 Å². The maximum Gasteiger partial charge on any atom is 0.277 e. The molecule has 1 atom stereocenters. The highest BCUT2D eigenvalue weighted by Gasteiger charge is 2.28. The Hall–Kier alpha value is -3.15. The van der Waals surface area contributed by atoms with Gasteiger partial charge in [0.05, 0.1) is 18.9 Å². The van der Waals surface area contributed by atoms with Gasteiger partial charge in [0.25, 0.3) is 11.8 Å². The Morgan fingerprint density at radius 3 is 2.55 bits per heavy atom. The summed E-state index contributed by atoms with van der Waals surface area (Å²) in [6.45, 7) is 8.69. The van der Waals surface area contributed by atoms with Crippen LogP contribution < -0.4 is 14.8 Å². The summed E-state index contributed by atoms with van der Waals surface area (Å²) in [5.41, 5.74) is 3.51. The third-order valence-corrected chi connectivity index (χ3v) is 4.95. The normalized spacial score (nSPS) is 19.6. The van der Waals surface area contributed by atoms with E-state index in [1.54, 1.807) is 24.3 Å². The number of hydrogen-bond donors (Lipinski definition) is 1. The summed E-state index contributed by atoms with van der Waals surface area (Å²) >= 11 is 0. The van der Waals surface area contributed by atoms with Crippen molar-refractivity contribution in [3.05, 3.63) is 58.8 Å². The second-order valence-electron chi connectivity index (χ2n) is 6.78. The number of carbonyl (C=O) groups excluding carboxylic acids is 2. The molecule has 0 aromatic heterocycles. The van der Waals surface area contributed by atoms with E-state index in [9.17, 15) is 9.59 Å². The maximum atomic E-state index is 12.7. The molecule has 152 valence electrons. The summed E-state index contributed by atoms with van der Waals surface area (Å²) in [4.78, 5) is 29.2. The van der Waals surface area contributed by atoms with Crippen LogP contribution in [0, 0.1) is 5.92 Å². The number of aliphatic imine (C=N–C) groups is 1. The minimum Gasteiger partial charge on any atom is -0.490 e. The zero-order valence-electron chi connectivity index (χ0n) is 17.2. The summed E-state index contributed by atoms with van der Waals surface area (Å²) in [5.74, 6) is 0.672. The molecule has 0 spiro atoms. The summed E-state index contributed by atoms with van der Waals surface area (Å²) in [6, 6.07) is 5.03. The molecule has 1 N–H and O–H groups in total. The largest absolute Gasteiger partial charge is 0.490 e. The molecule has 1 unspecified atom stereocenters. The fraction of sp³-hybridized carbons (Fsp3) is 0.348. The Morgan fingerprint density at radius 2 is 1.86 bits per heavy atom. The minimum absolute atomic E-state index is 0.0201. The van der Waals surface area contributed by atoms with Gasteiger partial charge < -0.3 is 14.8 Å². The Labute approximate surface area is 171 Å². The first-order chi connectivity index (χ1) is 14.0. The third-order valence-electron chi connectivity index (χ3n) is 4.95. The van der Waals surface area contributed by atoms with Crippen LogP contribution in [-0.2, 0) is 4.79 Å². The van der Waals surface area contributed by atoms with Crippen LogP contribution in [0.4, 0.5) is 0 Å². The van der Waals surface area contributed by atoms with Gasteiger partial charge in [-0.15, -0.1) is 0 Å². The van der Waals surface area contributed by atoms with Crippen molar-refractivity contribution in [3.63, 3.8) is 0 Å². The van der Waals surface area contributed by atoms with Crippen molar-refractivity contribution in [2.24, 2.45) is 10.9 Å². The van der Waals surface area contributed by atoms with Crippen molar-refractivity contribution in [1.29, 1.82) is 0 Å². The Morgan fingerprint density at radius 1 is 1.14 bits per heavy atom. The Kier molecular flexibility index (Phi) is 6.32. The van der Waals surface area contributed by atoms with Gasteiger partial charge in [-0.1, -0.05) is 18.6 Å². The Balaban J connectivity index is 1.86. The monoisotopic (exact) mass is 394 g/mol. The van der Waals surface area contributed by atoms with Crippen molar-refractivity contribution in [2.45, 2.75) is 34.1 Å². The summed E-state index contributed by atoms with van der Waals surface area (Å²) < 4.78 is 11.1. The van der Waals surface area contributed by atoms with Gasteiger partial charge in [0.1, 0.15) is 0 Å². The standard InChI is InChI=1S/C23H26N2O4/c1-5-17-14(4)18-10-9-16(13-19(18)25-23(17)27)24-22(26)15-8-11-20(28-6-2)21(12-15)29-7-3/h8-13,18H,5-7H2,1-4H3,(H,25,27). The number of hydrogen-bond acceptors (Lipinski definition) is 4. The van der Waals surface area contributed by atoms with Crippen molar-refractivity contribution in [2.75, 3.05) is 13.2 Å². The van der Waals surface area contributed by atoms with Crippen molar-refractivity contribution >= 4 is 17.5 Å². The number of nitrogens with one attached hydrogen (secondary N) is 1. The van der Waals surface area contributed by atoms with Crippen molar-refractivity contribution < 1.29 is 19.1 Å². The zero-order chi connectivity index (χ0) is 21.0. The average molecular weight is 394 g/mol. The molecule has 1 aliphatic heterocycles. The second-order valence-corrected chi connectivity index (χ2v) is 6.78. The number of benzene rings is 1. The lowest BCUT2D eigenvalue weighted by molar-refractivity contribution is -0.117. The molecule has 1 aromatic rings. The summed E-state index contributed by atoms with van der Waals surface area (Å²) in [5, 5.41) is 2.92. The topological polar surface area (TPSA) is 77.0 Å². The highest BCUT2D eigenvalue weighted by molar-refractivity contribution is 6.14. The van der Waals surface area contributed by atoms with Gasteiger partial charge in [-0.25, -0.2) is 4.99 Å². The number of ether oxygens (including phenoxy) is 2. The van der Waals surface area contributed by atoms with Gasteiger partial charge in [-0.3, -0.25) is 9.59 Å². The van der Waals surface area contributed by atoms with Crippen LogP contribution in [0.1, 0.15) is 44.5 Å². The van der Waals surface area contributed by atoms with Gasteiger partial charge in [-0.2, -0.15) is 0 Å². The van der Waals surface area contributed by atoms with Gasteiger partial charge in [0, 0.05) is 22.8 Å². The molecule has 6 nitrogen and oxygen atoms in total. The number of rotatable bonds is 6. The molecule has 29 heavy (non-hydrogen) atoms. The van der Waals surface area contributed by atoms with E-state index < -0.39 is 0 Å². The molecule has 2 amide bonds. The third kappa shape index (κ3) is 4.31. The highest BCUT2D eigenvalue weighted by Crippen LogP contribution is 2.32. The SMILES string of the molecule is CCOc1ccc(C(=O)N=C2C=CC3C(=C2)NC(=O)C(CC)=C3C)cc1OCC. The van der Waals surface area contributed by atoms with Crippen LogP contribution in [0.3, 0.4) is 0 Å². The molecule has 0 bridgehead atoms. The van der Waals surface area contributed by atoms with Gasteiger partial charge in [-0.05, 0) is 57.5 Å². The van der Waals surface area contributed by atoms with E-state index in [-0.39, 0.29) is 17.7 Å². The predicted molar refractivity (Wildman–Crippen MR) is 112 cm³/mol. The molecule has 2 aliphatic rings. The first kappa shape index (κ1) is 20.6. The van der Waals surface area contributed by atoms with Crippen molar-refractivity contribution in [3.8, 4) is 11.5 Å². The second kappa shape index (κ2) is 8.90. The van der Waals surface area contributed by atoms with Crippen LogP contribution in [0.25, 0.3) is 0 Å². The first-order valence-corrected chi connectivity index (χ1v) is 9.91. The van der Waals surface area contributed by atoms with E-state index in [1.165, 1.54) is 0 Å². The van der Waals surface area contributed by atoms with E-state index in [4.69, 9.17) is 9.47 Å². The van der Waals surface area contributed by atoms with E-state index in [0.717, 1.165) is 16.8 Å². The number of amides is 2. The smallest absolute Gasteiger partial charge is 0.277 e. The van der Waals surface area contributed by atoms with Crippen LogP contribution in [0.5, 0.6) is 11.5 Å². The quantitative estimate of drug-likeness (QED) is 0.791. The highest BCUT2D eigenvalue weighted by atomic mass is 16.5. The molecular formula is C23H26N2O4. The van der Waals surface area contributed by atoms with Crippen LogP contribution in [0.15, 0.2) is 58.3 Å². The lowest BCUT2D eigenvalue weighted by Crippen LogP contribution is -2.36. The molecular weight excluding hydrogens is 368 g/mol. The lowest BCUT2D eigenvalue weighted by Gasteiger charge is -2.29. The number of carbonyl (C=O) groups is 2. The fourth-order valence-electron chi connectivity index (χ4n) is 3.54. The fourth-order valence-corrected chi connectivity index (χ4v) is 3.54. The summed E-state index contributed by atoms with van der Waals surface area (Å²) in [6.07, 6.45) is 6.23. The first-order valence-electron chi connectivity index (χ1n) is 9.91. The number of allylic oxidation sites excluding steroid dienone is 3. The van der Waals surface area contributed by atoms with Crippen molar-refractivity contribution in [1.82, 2.24) is 5.32 Å². The molecule has 1 heterocycles. The van der Waals surface area contributed by atoms with Crippen LogP contribution >= 0.6 is 0 Å². The van der Waals surface area contributed by atoms with Gasteiger partial charge >= 0.3 is 0 Å². The molecule has 0 radical (unpaired) electrons. The average Bonchev–Trinajstić information content (AvgIpc) is 2.69. The van der Waals surface area contributed by atoms with E-state index in [0.29, 0.717) is 42.4 Å². The molecule has 1 aromatic carbocycles. The maximum absolute atomic E-state index is 12.7. The zero-order valence-corrected chi connectivity index (χ0v) is 17.2. The van der Waals surface area contributed by atoms with Gasteiger partial charge in [0.2, 0.25) is 0 Å². The number of nitrogens with zero attached hydrogens (tertiary/aromatic N) is 1. The van der Waals surface area contributed by atoms with E-state index >= 15 is 0 Å². The molecule has 3 rings (SSSR count). The molecule has 1 aliphatic carbocycles. The van der Waals surface area contributed by atoms with Crippen LogP contribution in [-0.4, -0.2) is 30.7 Å². The molecule has 6 heteroatoms. The predicted octanol–water partition coefficient (Wildman–Crippen LogP) is 3.99. The van der Waals surface area contributed by atoms with E-state index in [2.05, 4.69) is 10.3 Å². The molecule has 0 fully saturated rings. The number of fused-ring (bicyclic) bond motifs is 1. The minimum atomic E-state index is -0.382. The Bertz CT molecular complexity index is 954.